The van der Waals surface area contributed by atoms with Crippen LogP contribution in [-0.4, -0.2) is 26.6 Å². The summed E-state index contributed by atoms with van der Waals surface area (Å²) < 4.78 is 3.15. The van der Waals surface area contributed by atoms with Gasteiger partial charge in [0.05, 0.1) is 0 Å². The minimum atomic E-state index is -0.613. The van der Waals surface area contributed by atoms with Crippen molar-refractivity contribution in [3.05, 3.63) is 12.7 Å². The minimum absolute atomic E-state index is 0.613. The van der Waals surface area contributed by atoms with Crippen LogP contribution in [0, 0.1) is 0 Å². The molecule has 0 aliphatic rings. The van der Waals surface area contributed by atoms with Gasteiger partial charge in [0.2, 0.25) is 0 Å². The van der Waals surface area contributed by atoms with E-state index < -0.39 is 21.4 Å². The number of hydrogen-bond donors (Lipinski definition) is 2. The first-order valence-electron chi connectivity index (χ1n) is 1.64. The van der Waals surface area contributed by atoms with Gasteiger partial charge in [0.25, 0.3) is 0 Å². The molecule has 0 unspecified atom stereocenters. The Labute approximate surface area is 47.8 Å². The van der Waals surface area contributed by atoms with E-state index in [4.69, 9.17) is 5.21 Å². The molecular formula is C3H7NOSn. The zero-order valence-corrected chi connectivity index (χ0v) is 6.29. The normalized spacial score (nSPS) is 8.17. The van der Waals surface area contributed by atoms with E-state index in [9.17, 15) is 0 Å². The van der Waals surface area contributed by atoms with Gasteiger partial charge in [0.1, 0.15) is 0 Å². The Morgan fingerprint density at radius 2 is 2.67 bits per heavy atom. The third-order valence-corrected chi connectivity index (χ3v) is 2.18. The molecule has 3 heteroatoms. The molecule has 0 bridgehead atoms. The van der Waals surface area contributed by atoms with Gasteiger partial charge in [0, 0.05) is 0 Å². The molecule has 0 aliphatic heterocycles. The van der Waals surface area contributed by atoms with Crippen LogP contribution < -0.4 is 3.70 Å². The molecule has 0 aromatic rings. The first-order valence-corrected chi connectivity index (χ1v) is 5.09. The second-order valence-corrected chi connectivity index (χ2v) is 3.59. The third kappa shape index (κ3) is 4.46. The van der Waals surface area contributed by atoms with Gasteiger partial charge in [-0.3, -0.25) is 0 Å². The van der Waals surface area contributed by atoms with Gasteiger partial charge in [-0.15, -0.1) is 0 Å². The predicted octanol–water partition coefficient (Wildman–Crippen LogP) is 0.189. The summed E-state index contributed by atoms with van der Waals surface area (Å²) in [6.07, 6.45) is 1.81. The molecule has 0 heterocycles. The van der Waals surface area contributed by atoms with Crippen molar-refractivity contribution < 1.29 is 5.21 Å². The SMILES string of the molecule is C=C[CH2][Sn][NH]O. The number of nitrogens with one attached hydrogen (secondary N) is 1. The van der Waals surface area contributed by atoms with Gasteiger partial charge >= 0.3 is 47.4 Å². The van der Waals surface area contributed by atoms with E-state index >= 15 is 0 Å². The van der Waals surface area contributed by atoms with Crippen molar-refractivity contribution >= 4 is 21.4 Å². The summed E-state index contributed by atoms with van der Waals surface area (Å²) >= 11 is -0.613. The summed E-state index contributed by atoms with van der Waals surface area (Å²) in [6, 6.07) is 0. The van der Waals surface area contributed by atoms with E-state index in [0.29, 0.717) is 0 Å². The van der Waals surface area contributed by atoms with Crippen LogP contribution in [0.2, 0.25) is 4.44 Å². The third-order valence-electron chi connectivity index (χ3n) is 0.325. The summed E-state index contributed by atoms with van der Waals surface area (Å²) in [5.74, 6) is 0. The molecule has 0 aromatic carbocycles. The molecule has 0 aromatic heterocycles. The Morgan fingerprint density at radius 1 is 2.00 bits per heavy atom. The van der Waals surface area contributed by atoms with Crippen LogP contribution in [0.15, 0.2) is 12.7 Å². The molecule has 0 saturated heterocycles. The van der Waals surface area contributed by atoms with Crippen LogP contribution in [-0.2, 0) is 0 Å². The summed E-state index contributed by atoms with van der Waals surface area (Å²) in [5, 5.41) is 7.98. The van der Waals surface area contributed by atoms with Crippen molar-refractivity contribution in [2.24, 2.45) is 0 Å². The number of rotatable bonds is 3. The number of hydrogen-bond acceptors (Lipinski definition) is 2. The summed E-state index contributed by atoms with van der Waals surface area (Å²) in [5.41, 5.74) is 0. The van der Waals surface area contributed by atoms with E-state index in [-0.39, 0.29) is 0 Å². The van der Waals surface area contributed by atoms with E-state index in [1.165, 1.54) is 0 Å². The summed E-state index contributed by atoms with van der Waals surface area (Å²) in [4.78, 5) is 0. The summed E-state index contributed by atoms with van der Waals surface area (Å²) in [7, 11) is 0. The molecule has 0 atom stereocenters. The van der Waals surface area contributed by atoms with Gasteiger partial charge in [0.15, 0.2) is 0 Å². The Bertz CT molecular complexity index is 39.8. The zero-order valence-electron chi connectivity index (χ0n) is 3.44. The molecule has 6 heavy (non-hydrogen) atoms. The fraction of sp³-hybridized carbons (Fsp3) is 0.333. The molecule has 2 N–H and O–H groups in total. The fourth-order valence-electron chi connectivity index (χ4n) is 0.118. The van der Waals surface area contributed by atoms with Crippen LogP contribution in [0.5, 0.6) is 0 Å². The maximum absolute atomic E-state index is 7.98. The molecule has 2 nitrogen and oxygen atoms in total. The van der Waals surface area contributed by atoms with Crippen molar-refractivity contribution in [1.82, 2.24) is 3.70 Å². The second kappa shape index (κ2) is 5.46. The number of allylic oxidation sites excluding steroid dienone is 1. The quantitative estimate of drug-likeness (QED) is 0.289. The topological polar surface area (TPSA) is 32.3 Å². The van der Waals surface area contributed by atoms with Crippen LogP contribution in [0.25, 0.3) is 0 Å². The molecular weight excluding hydrogens is 185 g/mol. The van der Waals surface area contributed by atoms with Crippen LogP contribution in [0.3, 0.4) is 0 Å². The summed E-state index contributed by atoms with van der Waals surface area (Å²) in [6.45, 7) is 3.49. The molecule has 34 valence electrons. The van der Waals surface area contributed by atoms with Crippen LogP contribution in [0.1, 0.15) is 0 Å². The van der Waals surface area contributed by atoms with Crippen molar-refractivity contribution in [1.29, 1.82) is 0 Å². The molecule has 0 saturated carbocycles. The van der Waals surface area contributed by atoms with Gasteiger partial charge in [-0.25, -0.2) is 0 Å². The van der Waals surface area contributed by atoms with Gasteiger partial charge < -0.3 is 0 Å². The monoisotopic (exact) mass is 193 g/mol. The standard InChI is InChI=1S/C3H5.H2NO.Sn/c1-3-2;1-2;/h3H,1-2H2;1-2H;/q;-1;+1. The molecule has 2 radical (unpaired) electrons. The van der Waals surface area contributed by atoms with E-state index in [2.05, 4.69) is 10.3 Å². The average Bonchev–Trinajstić information content (AvgIpc) is 1.61. The van der Waals surface area contributed by atoms with Crippen molar-refractivity contribution in [3.63, 3.8) is 0 Å². The van der Waals surface area contributed by atoms with Gasteiger partial charge in [-0.2, -0.15) is 0 Å². The molecule has 0 amide bonds. The maximum atomic E-state index is 7.98. The first-order chi connectivity index (χ1) is 2.91. The van der Waals surface area contributed by atoms with Gasteiger partial charge in [-0.1, -0.05) is 0 Å². The van der Waals surface area contributed by atoms with Crippen LogP contribution >= 0.6 is 0 Å². The van der Waals surface area contributed by atoms with Crippen molar-refractivity contribution in [2.45, 2.75) is 4.44 Å². The Morgan fingerprint density at radius 3 is 2.83 bits per heavy atom. The zero-order chi connectivity index (χ0) is 4.83. The van der Waals surface area contributed by atoms with Crippen molar-refractivity contribution in [2.75, 3.05) is 0 Å². The first kappa shape index (κ1) is 6.46. The van der Waals surface area contributed by atoms with Gasteiger partial charge in [-0.05, 0) is 0 Å². The average molecular weight is 192 g/mol. The Balaban J connectivity index is 2.49. The van der Waals surface area contributed by atoms with Crippen molar-refractivity contribution in [3.8, 4) is 0 Å². The second-order valence-electron chi connectivity index (χ2n) is 0.781. The van der Waals surface area contributed by atoms with E-state index in [0.717, 1.165) is 4.44 Å². The van der Waals surface area contributed by atoms with Crippen LogP contribution in [0.4, 0.5) is 0 Å². The molecule has 0 spiro atoms. The molecule has 0 aliphatic carbocycles. The van der Waals surface area contributed by atoms with E-state index in [1.807, 2.05) is 6.08 Å². The molecule has 0 fully saturated rings. The Hall–Kier alpha value is 0.459. The predicted molar refractivity (Wildman–Crippen MR) is 25.7 cm³/mol. The fourth-order valence-corrected chi connectivity index (χ4v) is 0.790. The Kier molecular flexibility index (Phi) is 5.88. The van der Waals surface area contributed by atoms with E-state index in [1.54, 1.807) is 0 Å². The molecule has 0 rings (SSSR count).